The molecule has 4 heteroatoms. The highest BCUT2D eigenvalue weighted by Crippen LogP contribution is 2.22. The Labute approximate surface area is 101 Å². The monoisotopic (exact) mass is 228 g/mol. The largest absolute Gasteiger partial charge is 0.396 e. The number of nitrogens with zero attached hydrogens (tertiary/aromatic N) is 3. The zero-order chi connectivity index (χ0) is 12.3. The highest BCUT2D eigenvalue weighted by Gasteiger charge is 2.09. The summed E-state index contributed by atoms with van der Waals surface area (Å²) in [6.45, 7) is 2.68. The minimum absolute atomic E-state index is 0.696. The molecule has 0 aliphatic heterocycles. The molecule has 0 aliphatic rings. The fraction of sp³-hybridized carbons (Fsp3) is 0.231. The summed E-state index contributed by atoms with van der Waals surface area (Å²) in [5.41, 5.74) is 8.78. The van der Waals surface area contributed by atoms with Crippen molar-refractivity contribution >= 4 is 11.5 Å². The van der Waals surface area contributed by atoms with E-state index in [1.807, 2.05) is 43.1 Å². The van der Waals surface area contributed by atoms with Gasteiger partial charge >= 0.3 is 0 Å². The Morgan fingerprint density at radius 2 is 2.00 bits per heavy atom. The summed E-state index contributed by atoms with van der Waals surface area (Å²) in [6.07, 6.45) is 3.56. The molecule has 17 heavy (non-hydrogen) atoms. The molecule has 88 valence electrons. The Bertz CT molecular complexity index is 496. The van der Waals surface area contributed by atoms with E-state index in [-0.39, 0.29) is 0 Å². The summed E-state index contributed by atoms with van der Waals surface area (Å²) in [5.74, 6) is 0.802. The molecule has 0 aromatic carbocycles. The number of aryl methyl sites for hydroxylation is 1. The van der Waals surface area contributed by atoms with Gasteiger partial charge in [-0.3, -0.25) is 4.98 Å². The molecule has 2 rings (SSSR count). The number of anilines is 2. The van der Waals surface area contributed by atoms with Gasteiger partial charge in [0.1, 0.15) is 0 Å². The van der Waals surface area contributed by atoms with Gasteiger partial charge in [0.05, 0.1) is 17.9 Å². The van der Waals surface area contributed by atoms with E-state index < -0.39 is 0 Å². The highest BCUT2D eigenvalue weighted by atomic mass is 15.2. The van der Waals surface area contributed by atoms with E-state index in [4.69, 9.17) is 5.73 Å². The molecule has 0 radical (unpaired) electrons. The predicted octanol–water partition coefficient (Wildman–Crippen LogP) is 2.00. The van der Waals surface area contributed by atoms with Gasteiger partial charge in [-0.25, -0.2) is 4.98 Å². The highest BCUT2D eigenvalue weighted by molar-refractivity contribution is 5.65. The van der Waals surface area contributed by atoms with E-state index in [2.05, 4.69) is 9.97 Å². The van der Waals surface area contributed by atoms with E-state index in [9.17, 15) is 0 Å². The molecular formula is C13H16N4. The molecule has 0 saturated heterocycles. The van der Waals surface area contributed by atoms with Gasteiger partial charge in [-0.2, -0.15) is 0 Å². The first-order valence-electron chi connectivity index (χ1n) is 5.50. The Kier molecular flexibility index (Phi) is 3.23. The van der Waals surface area contributed by atoms with E-state index >= 15 is 0 Å². The predicted molar refractivity (Wildman–Crippen MR) is 69.7 cm³/mol. The van der Waals surface area contributed by atoms with E-state index in [0.29, 0.717) is 6.54 Å². The van der Waals surface area contributed by atoms with Crippen molar-refractivity contribution in [3.05, 3.63) is 47.9 Å². The van der Waals surface area contributed by atoms with Crippen LogP contribution in [0.25, 0.3) is 0 Å². The molecule has 0 aliphatic carbocycles. The van der Waals surface area contributed by atoms with Crippen LogP contribution in [0.15, 0.2) is 36.7 Å². The number of nitrogen functional groups attached to an aromatic ring is 1. The van der Waals surface area contributed by atoms with Crippen LogP contribution in [0, 0.1) is 6.92 Å². The Hall–Kier alpha value is -2.10. The van der Waals surface area contributed by atoms with Crippen LogP contribution in [0.5, 0.6) is 0 Å². The van der Waals surface area contributed by atoms with Gasteiger partial charge in [0.15, 0.2) is 5.82 Å². The lowest BCUT2D eigenvalue weighted by Crippen LogP contribution is -2.20. The molecule has 2 aromatic rings. The van der Waals surface area contributed by atoms with Crippen LogP contribution in [0.4, 0.5) is 11.5 Å². The molecule has 0 saturated carbocycles. The summed E-state index contributed by atoms with van der Waals surface area (Å²) in [7, 11) is 1.97. The quantitative estimate of drug-likeness (QED) is 0.873. The lowest BCUT2D eigenvalue weighted by Gasteiger charge is -2.20. The van der Waals surface area contributed by atoms with Crippen LogP contribution in [-0.4, -0.2) is 17.0 Å². The molecule has 0 amide bonds. The molecule has 0 spiro atoms. The maximum Gasteiger partial charge on any atom is 0.152 e. The normalized spacial score (nSPS) is 10.2. The summed E-state index contributed by atoms with van der Waals surface area (Å²) < 4.78 is 0. The molecule has 4 nitrogen and oxygen atoms in total. The van der Waals surface area contributed by atoms with Crippen molar-refractivity contribution < 1.29 is 0 Å². The molecule has 2 aromatic heterocycles. The van der Waals surface area contributed by atoms with Crippen molar-refractivity contribution in [2.24, 2.45) is 0 Å². The molecule has 0 atom stereocenters. The average Bonchev–Trinajstić information content (AvgIpc) is 2.34. The van der Waals surface area contributed by atoms with Crippen LogP contribution in [-0.2, 0) is 6.54 Å². The zero-order valence-electron chi connectivity index (χ0n) is 10.1. The smallest absolute Gasteiger partial charge is 0.152 e. The van der Waals surface area contributed by atoms with Crippen molar-refractivity contribution in [1.82, 2.24) is 9.97 Å². The lowest BCUT2D eigenvalue weighted by molar-refractivity contribution is 0.866. The van der Waals surface area contributed by atoms with Crippen molar-refractivity contribution in [1.29, 1.82) is 0 Å². The summed E-state index contributed by atoms with van der Waals surface area (Å²) in [5, 5.41) is 0. The summed E-state index contributed by atoms with van der Waals surface area (Å²) >= 11 is 0. The van der Waals surface area contributed by atoms with Gasteiger partial charge in [-0.05, 0) is 30.7 Å². The molecule has 0 unspecified atom stereocenters. The second kappa shape index (κ2) is 4.82. The minimum atomic E-state index is 0.696. The molecular weight excluding hydrogens is 212 g/mol. The topological polar surface area (TPSA) is 55.0 Å². The van der Waals surface area contributed by atoms with Gasteiger partial charge in [-0.15, -0.1) is 0 Å². The number of rotatable bonds is 3. The number of nitrogens with two attached hydrogens (primary N) is 1. The third-order valence-electron chi connectivity index (χ3n) is 2.67. The standard InChI is InChI=1S/C13H16N4/c1-10-6-8-16-13(12(10)14)17(2)9-11-5-3-4-7-15-11/h3-8H,9,14H2,1-2H3. The van der Waals surface area contributed by atoms with Gasteiger partial charge in [0.2, 0.25) is 0 Å². The van der Waals surface area contributed by atoms with Crippen LogP contribution in [0.1, 0.15) is 11.3 Å². The average molecular weight is 228 g/mol. The van der Waals surface area contributed by atoms with Crippen LogP contribution in [0.3, 0.4) is 0 Å². The van der Waals surface area contributed by atoms with Crippen molar-refractivity contribution in [2.45, 2.75) is 13.5 Å². The van der Waals surface area contributed by atoms with Gasteiger partial charge in [0.25, 0.3) is 0 Å². The number of aromatic nitrogens is 2. The lowest BCUT2D eigenvalue weighted by atomic mass is 10.2. The van der Waals surface area contributed by atoms with E-state index in [1.54, 1.807) is 12.4 Å². The first kappa shape index (κ1) is 11.4. The number of hydrogen-bond donors (Lipinski definition) is 1. The van der Waals surface area contributed by atoms with Crippen LogP contribution >= 0.6 is 0 Å². The molecule has 0 fully saturated rings. The maximum atomic E-state index is 6.01. The first-order chi connectivity index (χ1) is 8.18. The Morgan fingerprint density at radius 3 is 2.71 bits per heavy atom. The molecule has 2 N–H and O–H groups in total. The summed E-state index contributed by atoms with van der Waals surface area (Å²) in [4.78, 5) is 10.6. The second-order valence-electron chi connectivity index (χ2n) is 4.04. The van der Waals surface area contributed by atoms with Crippen molar-refractivity contribution in [3.63, 3.8) is 0 Å². The second-order valence-corrected chi connectivity index (χ2v) is 4.04. The van der Waals surface area contributed by atoms with Gasteiger partial charge in [0, 0.05) is 19.4 Å². The third-order valence-corrected chi connectivity index (χ3v) is 2.67. The van der Waals surface area contributed by atoms with Crippen LogP contribution in [0.2, 0.25) is 0 Å². The summed E-state index contributed by atoms with van der Waals surface area (Å²) in [6, 6.07) is 7.78. The molecule has 0 bridgehead atoms. The third kappa shape index (κ3) is 2.53. The SMILES string of the molecule is Cc1ccnc(N(C)Cc2ccccn2)c1N. The number of hydrogen-bond acceptors (Lipinski definition) is 4. The van der Waals surface area contributed by atoms with Crippen LogP contribution < -0.4 is 10.6 Å². The van der Waals surface area contributed by atoms with E-state index in [1.165, 1.54) is 0 Å². The Balaban J connectivity index is 2.20. The van der Waals surface area contributed by atoms with Crippen molar-refractivity contribution in [3.8, 4) is 0 Å². The number of pyridine rings is 2. The fourth-order valence-corrected chi connectivity index (χ4v) is 1.67. The van der Waals surface area contributed by atoms with Gasteiger partial charge < -0.3 is 10.6 Å². The minimum Gasteiger partial charge on any atom is -0.396 e. The molecule has 2 heterocycles. The first-order valence-corrected chi connectivity index (χ1v) is 5.50. The van der Waals surface area contributed by atoms with Gasteiger partial charge in [-0.1, -0.05) is 6.07 Å². The Morgan fingerprint density at radius 1 is 1.18 bits per heavy atom. The van der Waals surface area contributed by atoms with E-state index in [0.717, 1.165) is 22.8 Å². The fourth-order valence-electron chi connectivity index (χ4n) is 1.67. The maximum absolute atomic E-state index is 6.01. The van der Waals surface area contributed by atoms with Crippen molar-refractivity contribution in [2.75, 3.05) is 17.7 Å². The zero-order valence-corrected chi connectivity index (χ0v) is 10.1.